The minimum absolute atomic E-state index is 0.265. The Bertz CT molecular complexity index is 301. The fourth-order valence-electron chi connectivity index (χ4n) is 0.910. The zero-order valence-corrected chi connectivity index (χ0v) is 8.86. The maximum Gasteiger partial charge on any atom is 0.342 e. The monoisotopic (exact) mass is 194 g/mol. The molecule has 0 unspecified atom stereocenters. The molecular weight excluding hydrogens is 178 g/mol. The topological polar surface area (TPSA) is 26.3 Å². The van der Waals surface area contributed by atoms with Crippen LogP contribution in [0.5, 0.6) is 0 Å². The second-order valence-electron chi connectivity index (χ2n) is 4.22. The van der Waals surface area contributed by atoms with Gasteiger partial charge in [0, 0.05) is 0 Å². The predicted octanol–water partition coefficient (Wildman–Crippen LogP) is 1.51. The maximum absolute atomic E-state index is 11.5. The molecule has 0 bridgehead atoms. The first-order valence-corrected chi connectivity index (χ1v) is 4.52. The zero-order valence-electron chi connectivity index (χ0n) is 8.86. The molecule has 0 saturated heterocycles. The lowest BCUT2D eigenvalue weighted by Crippen LogP contribution is -2.37. The number of hydrogen-bond acceptors (Lipinski definition) is 2. The molecule has 0 amide bonds. The molecular formula is C11H16NO2+. The zero-order chi connectivity index (χ0) is 10.6. The molecule has 0 radical (unpaired) electrons. The van der Waals surface area contributed by atoms with Crippen LogP contribution in [0.25, 0.3) is 0 Å². The molecule has 0 aromatic heterocycles. The number of esters is 1. The van der Waals surface area contributed by atoms with Crippen LogP contribution in [-0.2, 0) is 4.74 Å². The van der Waals surface area contributed by atoms with Gasteiger partial charge in [0.1, 0.15) is 0 Å². The van der Waals surface area contributed by atoms with Crippen molar-refractivity contribution in [3.8, 4) is 0 Å². The number of rotatable bonds is 3. The molecule has 0 N–H and O–H groups in total. The first-order chi connectivity index (χ1) is 6.49. The molecule has 1 aromatic rings. The number of ether oxygens (including phenoxy) is 1. The Morgan fingerprint density at radius 3 is 2.29 bits per heavy atom. The van der Waals surface area contributed by atoms with E-state index in [9.17, 15) is 4.79 Å². The smallest absolute Gasteiger partial charge is 0.342 e. The molecule has 0 aliphatic heterocycles. The first-order valence-electron chi connectivity index (χ1n) is 4.52. The van der Waals surface area contributed by atoms with Crippen LogP contribution >= 0.6 is 0 Å². The van der Waals surface area contributed by atoms with E-state index in [1.54, 1.807) is 12.1 Å². The summed E-state index contributed by atoms with van der Waals surface area (Å²) in [6.07, 6.45) is 0. The van der Waals surface area contributed by atoms with Crippen molar-refractivity contribution in [3.05, 3.63) is 35.9 Å². The second-order valence-corrected chi connectivity index (χ2v) is 4.22. The second kappa shape index (κ2) is 4.24. The lowest BCUT2D eigenvalue weighted by molar-refractivity contribution is -0.887. The van der Waals surface area contributed by atoms with E-state index in [0.29, 0.717) is 16.8 Å². The highest BCUT2D eigenvalue weighted by molar-refractivity contribution is 5.89. The number of carbonyl (C=O) groups is 1. The van der Waals surface area contributed by atoms with E-state index in [1.807, 2.05) is 39.3 Å². The third-order valence-corrected chi connectivity index (χ3v) is 1.59. The Morgan fingerprint density at radius 1 is 1.21 bits per heavy atom. The van der Waals surface area contributed by atoms with E-state index < -0.39 is 0 Å². The number of nitrogens with zero attached hydrogens (tertiary/aromatic N) is 1. The average molecular weight is 194 g/mol. The van der Waals surface area contributed by atoms with Crippen LogP contribution in [0.2, 0.25) is 0 Å². The van der Waals surface area contributed by atoms with E-state index in [4.69, 9.17) is 4.74 Å². The van der Waals surface area contributed by atoms with Gasteiger partial charge < -0.3 is 4.74 Å². The Morgan fingerprint density at radius 2 is 1.79 bits per heavy atom. The van der Waals surface area contributed by atoms with Crippen molar-refractivity contribution in [1.82, 2.24) is 0 Å². The van der Waals surface area contributed by atoms with Gasteiger partial charge in [-0.1, -0.05) is 18.2 Å². The normalized spacial score (nSPS) is 11.1. The van der Waals surface area contributed by atoms with Gasteiger partial charge in [-0.3, -0.25) is 4.48 Å². The van der Waals surface area contributed by atoms with Crippen molar-refractivity contribution >= 4 is 5.97 Å². The summed E-state index contributed by atoms with van der Waals surface area (Å²) in [6, 6.07) is 9.01. The first kappa shape index (κ1) is 10.7. The number of hydrogen-bond donors (Lipinski definition) is 0. The van der Waals surface area contributed by atoms with E-state index in [2.05, 4.69) is 0 Å². The minimum atomic E-state index is -0.265. The van der Waals surface area contributed by atoms with Crippen LogP contribution in [0.1, 0.15) is 10.4 Å². The molecule has 14 heavy (non-hydrogen) atoms. The molecule has 0 saturated carbocycles. The van der Waals surface area contributed by atoms with Crippen molar-refractivity contribution in [1.29, 1.82) is 0 Å². The summed E-state index contributed by atoms with van der Waals surface area (Å²) in [4.78, 5) is 11.5. The summed E-state index contributed by atoms with van der Waals surface area (Å²) < 4.78 is 5.74. The Hall–Kier alpha value is -1.35. The maximum atomic E-state index is 11.5. The van der Waals surface area contributed by atoms with Gasteiger partial charge in [0.05, 0.1) is 26.7 Å². The summed E-state index contributed by atoms with van der Waals surface area (Å²) in [5.74, 6) is -0.265. The largest absolute Gasteiger partial charge is 0.411 e. The summed E-state index contributed by atoms with van der Waals surface area (Å²) in [6.45, 7) is 0.383. The van der Waals surface area contributed by atoms with E-state index in [1.165, 1.54) is 0 Å². The van der Waals surface area contributed by atoms with Gasteiger partial charge in [-0.15, -0.1) is 0 Å². The van der Waals surface area contributed by atoms with E-state index in [-0.39, 0.29) is 5.97 Å². The van der Waals surface area contributed by atoms with Crippen LogP contribution < -0.4 is 0 Å². The molecule has 76 valence electrons. The van der Waals surface area contributed by atoms with Crippen molar-refractivity contribution in [2.75, 3.05) is 27.9 Å². The SMILES string of the molecule is C[N+](C)(C)COC(=O)c1ccccc1. The summed E-state index contributed by atoms with van der Waals surface area (Å²) in [5, 5.41) is 0. The molecule has 0 aliphatic rings. The average Bonchev–Trinajstić information content (AvgIpc) is 2.14. The molecule has 1 rings (SSSR count). The fraction of sp³-hybridized carbons (Fsp3) is 0.364. The van der Waals surface area contributed by atoms with Crippen molar-refractivity contribution in [2.24, 2.45) is 0 Å². The lowest BCUT2D eigenvalue weighted by atomic mass is 10.2. The summed E-state index contributed by atoms with van der Waals surface area (Å²) >= 11 is 0. The molecule has 3 heteroatoms. The summed E-state index contributed by atoms with van der Waals surface area (Å²) in [5.41, 5.74) is 0.598. The van der Waals surface area contributed by atoms with Crippen LogP contribution in [0.4, 0.5) is 0 Å². The molecule has 0 spiro atoms. The van der Waals surface area contributed by atoms with Crippen molar-refractivity contribution < 1.29 is 14.0 Å². The Labute approximate surface area is 84.5 Å². The highest BCUT2D eigenvalue weighted by Crippen LogP contribution is 2.02. The standard InChI is InChI=1S/C11H16NO2/c1-12(2,3)9-14-11(13)10-7-5-4-6-8-10/h4-8H,9H2,1-3H3/q+1. The third-order valence-electron chi connectivity index (χ3n) is 1.59. The van der Waals surface area contributed by atoms with Crippen LogP contribution in [0.15, 0.2) is 30.3 Å². The van der Waals surface area contributed by atoms with Crippen LogP contribution in [0.3, 0.4) is 0 Å². The third kappa shape index (κ3) is 3.58. The van der Waals surface area contributed by atoms with Crippen molar-refractivity contribution in [2.45, 2.75) is 0 Å². The number of carbonyl (C=O) groups excluding carboxylic acids is 1. The molecule has 0 fully saturated rings. The van der Waals surface area contributed by atoms with Gasteiger partial charge in [-0.25, -0.2) is 4.79 Å². The number of quaternary nitrogens is 1. The predicted molar refractivity (Wildman–Crippen MR) is 54.8 cm³/mol. The summed E-state index contributed by atoms with van der Waals surface area (Å²) in [7, 11) is 5.91. The van der Waals surface area contributed by atoms with E-state index in [0.717, 1.165) is 0 Å². The molecule has 0 aliphatic carbocycles. The Kier molecular flexibility index (Phi) is 3.25. The number of benzene rings is 1. The lowest BCUT2D eigenvalue weighted by Gasteiger charge is -2.22. The Balaban J connectivity index is 2.52. The van der Waals surface area contributed by atoms with Gasteiger partial charge in [-0.05, 0) is 12.1 Å². The van der Waals surface area contributed by atoms with Crippen LogP contribution in [0, 0.1) is 0 Å². The van der Waals surface area contributed by atoms with Gasteiger partial charge in [0.2, 0.25) is 6.73 Å². The molecule has 0 heterocycles. The highest BCUT2D eigenvalue weighted by Gasteiger charge is 2.12. The van der Waals surface area contributed by atoms with Gasteiger partial charge in [0.15, 0.2) is 0 Å². The van der Waals surface area contributed by atoms with Gasteiger partial charge >= 0.3 is 5.97 Å². The van der Waals surface area contributed by atoms with E-state index >= 15 is 0 Å². The molecule has 3 nitrogen and oxygen atoms in total. The van der Waals surface area contributed by atoms with Gasteiger partial charge in [0.25, 0.3) is 0 Å². The fourth-order valence-corrected chi connectivity index (χ4v) is 0.910. The molecule has 1 aromatic carbocycles. The van der Waals surface area contributed by atoms with Gasteiger partial charge in [-0.2, -0.15) is 0 Å². The minimum Gasteiger partial charge on any atom is -0.411 e. The van der Waals surface area contributed by atoms with Crippen molar-refractivity contribution in [3.63, 3.8) is 0 Å². The molecule has 0 atom stereocenters. The highest BCUT2D eigenvalue weighted by atomic mass is 16.5. The quantitative estimate of drug-likeness (QED) is 0.414. The van der Waals surface area contributed by atoms with Crippen LogP contribution in [-0.4, -0.2) is 38.3 Å².